The third-order valence-corrected chi connectivity index (χ3v) is 0. The van der Waals surface area contributed by atoms with Gasteiger partial charge in [0.1, 0.15) is 0 Å². The first-order valence-corrected chi connectivity index (χ1v) is 0.842. The van der Waals surface area contributed by atoms with Crippen LogP contribution in [0.5, 0.6) is 0 Å². The normalized spacial score (nSPS) is 0.750. The van der Waals surface area contributed by atoms with Crippen molar-refractivity contribution in [2.45, 2.75) is 0 Å². The molecule has 1 nitrogen and oxygen atoms in total. The molecule has 0 spiro atoms. The van der Waals surface area contributed by atoms with E-state index in [4.69, 9.17) is 3.32 Å². The van der Waals surface area contributed by atoms with E-state index in [2.05, 4.69) is 0 Å². The average molecular weight is 264 g/mol. The molecule has 0 amide bonds. The van der Waals surface area contributed by atoms with Crippen LogP contribution in [0.15, 0.2) is 0 Å². The molecule has 0 bridgehead atoms. The summed E-state index contributed by atoms with van der Waals surface area (Å²) >= 11 is 0.750. The van der Waals surface area contributed by atoms with Crippen LogP contribution in [0.3, 0.4) is 0 Å². The van der Waals surface area contributed by atoms with Crippen molar-refractivity contribution in [2.75, 3.05) is 0 Å². The second-order valence-corrected chi connectivity index (χ2v) is 0. The summed E-state index contributed by atoms with van der Waals surface area (Å²) in [5, 5.41) is 0. The third-order valence-electron chi connectivity index (χ3n) is 0. The molecule has 0 saturated heterocycles. The second kappa shape index (κ2) is 18.2. The number of rotatable bonds is 0. The molecule has 22 valence electrons. The van der Waals surface area contributed by atoms with E-state index < -0.39 is 0 Å². The Morgan fingerprint density at radius 2 is 1.25 bits per heavy atom. The van der Waals surface area contributed by atoms with Crippen LogP contribution in [0.2, 0.25) is 0 Å². The van der Waals surface area contributed by atoms with Crippen molar-refractivity contribution in [3.8, 4) is 0 Å². The molecule has 0 saturated carbocycles. The number of hydrogen-bond acceptors (Lipinski definition) is 1. The molecular formula is FeNdOTi. The van der Waals surface area contributed by atoms with Gasteiger partial charge in [-0.05, 0) is 0 Å². The summed E-state index contributed by atoms with van der Waals surface area (Å²) in [6, 6.07) is 0. The number of hydrogen-bond donors (Lipinski definition) is 0. The molecule has 0 aromatic carbocycles. The van der Waals surface area contributed by atoms with Crippen molar-refractivity contribution in [2.24, 2.45) is 0 Å². The van der Waals surface area contributed by atoms with Crippen molar-refractivity contribution < 1.29 is 81.6 Å². The van der Waals surface area contributed by atoms with Crippen LogP contribution in [-0.4, -0.2) is 0 Å². The SMILES string of the molecule is [Fe].[Nd].[O]=[Ti]. The van der Waals surface area contributed by atoms with Crippen LogP contribution in [0.4, 0.5) is 0 Å². The van der Waals surface area contributed by atoms with Crippen LogP contribution in [-0.2, 0) is 40.8 Å². The average Bonchev–Trinajstić information content (AvgIpc) is 1.00. The van der Waals surface area contributed by atoms with Crippen molar-refractivity contribution in [1.29, 1.82) is 0 Å². The van der Waals surface area contributed by atoms with Crippen LogP contribution >= 0.6 is 0 Å². The van der Waals surface area contributed by atoms with Crippen molar-refractivity contribution in [3.05, 3.63) is 0 Å². The molecule has 0 rings (SSSR count). The van der Waals surface area contributed by atoms with Gasteiger partial charge in [0.2, 0.25) is 0 Å². The van der Waals surface area contributed by atoms with Gasteiger partial charge >= 0.3 is 23.7 Å². The van der Waals surface area contributed by atoms with E-state index in [1.165, 1.54) is 0 Å². The maximum absolute atomic E-state index is 8.25. The molecule has 0 atom stereocenters. The van der Waals surface area contributed by atoms with E-state index in [9.17, 15) is 0 Å². The molecule has 4 heteroatoms. The predicted octanol–water partition coefficient (Wildman–Crippen LogP) is -0.124. The molecular weight excluding hydrogens is 264 g/mol. The summed E-state index contributed by atoms with van der Waals surface area (Å²) in [4.78, 5) is 0. The summed E-state index contributed by atoms with van der Waals surface area (Å²) in [5.74, 6) is 0. The Labute approximate surface area is 80.0 Å². The fraction of sp³-hybridized carbons (Fsp3) is 0. The van der Waals surface area contributed by atoms with E-state index >= 15 is 0 Å². The molecule has 0 unspecified atom stereocenters. The third kappa shape index (κ3) is 8.83. The Morgan fingerprint density at radius 1 is 1.25 bits per heavy atom. The zero-order chi connectivity index (χ0) is 2.00. The molecule has 0 fully saturated rings. The molecule has 0 heterocycles. The maximum atomic E-state index is 8.25. The summed E-state index contributed by atoms with van der Waals surface area (Å²) in [5.41, 5.74) is 0. The van der Waals surface area contributed by atoms with Crippen LogP contribution < -0.4 is 0 Å². The molecule has 0 aliphatic rings. The quantitative estimate of drug-likeness (QED) is 0.557. The van der Waals surface area contributed by atoms with Gasteiger partial charge in [-0.15, -0.1) is 0 Å². The van der Waals surface area contributed by atoms with Crippen molar-refractivity contribution >= 4 is 0 Å². The standard InChI is InChI=1S/Fe.Nd.O.Ti. The molecule has 0 radical (unpaired) electrons. The van der Waals surface area contributed by atoms with Gasteiger partial charge in [0, 0.05) is 57.9 Å². The molecule has 0 aliphatic heterocycles. The van der Waals surface area contributed by atoms with Gasteiger partial charge in [0.25, 0.3) is 0 Å². The first kappa shape index (κ1) is 16.2. The van der Waals surface area contributed by atoms with Crippen molar-refractivity contribution in [3.63, 3.8) is 0 Å². The Kier molecular flexibility index (Phi) is 73.5. The van der Waals surface area contributed by atoms with E-state index in [-0.39, 0.29) is 57.9 Å². The van der Waals surface area contributed by atoms with E-state index in [0.29, 0.717) is 0 Å². The fourth-order valence-electron chi connectivity index (χ4n) is 0. The van der Waals surface area contributed by atoms with Gasteiger partial charge in [-0.2, -0.15) is 0 Å². The van der Waals surface area contributed by atoms with Gasteiger partial charge in [-0.1, -0.05) is 0 Å². The molecule has 0 aliphatic carbocycles. The fourth-order valence-corrected chi connectivity index (χ4v) is 0. The predicted molar refractivity (Wildman–Crippen MR) is 0.686 cm³/mol. The van der Waals surface area contributed by atoms with E-state index in [1.807, 2.05) is 0 Å². The van der Waals surface area contributed by atoms with Gasteiger partial charge < -0.3 is 0 Å². The minimum atomic E-state index is 0. The van der Waals surface area contributed by atoms with E-state index in [0.717, 1.165) is 20.4 Å². The summed E-state index contributed by atoms with van der Waals surface area (Å²) < 4.78 is 8.25. The molecule has 0 N–H and O–H groups in total. The van der Waals surface area contributed by atoms with E-state index in [1.54, 1.807) is 0 Å². The Bertz CT molecular complexity index is 8.00. The first-order chi connectivity index (χ1) is 1.00. The van der Waals surface area contributed by atoms with Gasteiger partial charge in [-0.25, -0.2) is 0 Å². The Morgan fingerprint density at radius 3 is 1.25 bits per heavy atom. The Balaban J connectivity index is -0.00000000500. The molecule has 0 aromatic rings. The van der Waals surface area contributed by atoms with Crippen LogP contribution in [0.1, 0.15) is 0 Å². The first-order valence-electron chi connectivity index (χ1n) is 0.204. The van der Waals surface area contributed by atoms with Crippen molar-refractivity contribution in [1.82, 2.24) is 0 Å². The summed E-state index contributed by atoms with van der Waals surface area (Å²) in [7, 11) is 0. The monoisotopic (exact) mass is 262 g/mol. The Hall–Kier alpha value is 2.38. The van der Waals surface area contributed by atoms with Gasteiger partial charge in [-0.3, -0.25) is 0 Å². The van der Waals surface area contributed by atoms with Gasteiger partial charge in [0.05, 0.1) is 0 Å². The summed E-state index contributed by atoms with van der Waals surface area (Å²) in [6.45, 7) is 0. The zero-order valence-corrected chi connectivity index (χ0v) is 7.64. The second-order valence-electron chi connectivity index (χ2n) is 0. The molecule has 4 heavy (non-hydrogen) atoms. The zero-order valence-electron chi connectivity index (χ0n) is 1.76. The van der Waals surface area contributed by atoms with Crippen LogP contribution in [0, 0.1) is 40.8 Å². The molecule has 0 aromatic heterocycles. The van der Waals surface area contributed by atoms with Gasteiger partial charge in [0.15, 0.2) is 0 Å². The minimum absolute atomic E-state index is 0. The van der Waals surface area contributed by atoms with Crippen LogP contribution in [0.25, 0.3) is 0 Å². The summed E-state index contributed by atoms with van der Waals surface area (Å²) in [6.07, 6.45) is 0. The topological polar surface area (TPSA) is 17.1 Å².